The van der Waals surface area contributed by atoms with Gasteiger partial charge in [-0.15, -0.1) is 0 Å². The molecule has 0 aromatic heterocycles. The molecule has 27 heavy (non-hydrogen) atoms. The summed E-state index contributed by atoms with van der Waals surface area (Å²) in [4.78, 5) is 12.6. The molecule has 0 saturated carbocycles. The number of nitrogens with one attached hydrogen (secondary N) is 1. The summed E-state index contributed by atoms with van der Waals surface area (Å²) in [5, 5.41) is 3.47. The third kappa shape index (κ3) is 4.12. The van der Waals surface area contributed by atoms with Gasteiger partial charge < -0.3 is 5.32 Å². The maximum Gasteiger partial charge on any atom is 0.264 e. The van der Waals surface area contributed by atoms with Crippen molar-refractivity contribution in [3.8, 4) is 0 Å². The van der Waals surface area contributed by atoms with Gasteiger partial charge >= 0.3 is 0 Å². The van der Waals surface area contributed by atoms with E-state index in [0.717, 1.165) is 18.4 Å². The highest BCUT2D eigenvalue weighted by molar-refractivity contribution is 7.92. The Labute approximate surface area is 165 Å². The summed E-state index contributed by atoms with van der Waals surface area (Å²) >= 11 is 5.86. The van der Waals surface area contributed by atoms with Crippen LogP contribution in [0.3, 0.4) is 0 Å². The van der Waals surface area contributed by atoms with Crippen LogP contribution in [-0.4, -0.2) is 26.9 Å². The second kappa shape index (κ2) is 7.90. The molecule has 1 aliphatic rings. The van der Waals surface area contributed by atoms with Crippen LogP contribution in [0, 0.1) is 0 Å². The van der Waals surface area contributed by atoms with Gasteiger partial charge in [0.05, 0.1) is 10.6 Å². The number of nitrogens with zero attached hydrogens (tertiary/aromatic N) is 1. The van der Waals surface area contributed by atoms with E-state index >= 15 is 0 Å². The van der Waals surface area contributed by atoms with Crippen LogP contribution in [-0.2, 0) is 16.4 Å². The lowest BCUT2D eigenvalue weighted by atomic mass is 10.1. The molecule has 1 unspecified atom stereocenters. The summed E-state index contributed by atoms with van der Waals surface area (Å²) in [6.45, 7) is 4.42. The molecule has 1 atom stereocenters. The fraction of sp³-hybridized carbons (Fsp3) is 0.350. The van der Waals surface area contributed by atoms with Gasteiger partial charge in [-0.2, -0.15) is 0 Å². The number of hydrogen-bond donors (Lipinski definition) is 1. The molecule has 0 fully saturated rings. The molecule has 2 aromatic rings. The molecule has 1 aliphatic heterocycles. The first-order valence-corrected chi connectivity index (χ1v) is 10.9. The predicted molar refractivity (Wildman–Crippen MR) is 108 cm³/mol. The topological polar surface area (TPSA) is 66.5 Å². The van der Waals surface area contributed by atoms with E-state index < -0.39 is 10.0 Å². The summed E-state index contributed by atoms with van der Waals surface area (Å²) < 4.78 is 27.3. The Morgan fingerprint density at radius 3 is 2.59 bits per heavy atom. The van der Waals surface area contributed by atoms with E-state index in [0.29, 0.717) is 29.2 Å². The molecule has 144 valence electrons. The Kier molecular flexibility index (Phi) is 5.77. The van der Waals surface area contributed by atoms with Crippen LogP contribution >= 0.6 is 11.6 Å². The second-order valence-electron chi connectivity index (χ2n) is 6.79. The Bertz CT molecular complexity index is 942. The van der Waals surface area contributed by atoms with Crippen molar-refractivity contribution in [3.05, 3.63) is 58.6 Å². The van der Waals surface area contributed by atoms with E-state index in [9.17, 15) is 13.2 Å². The van der Waals surface area contributed by atoms with E-state index in [1.54, 1.807) is 30.3 Å². The lowest BCUT2D eigenvalue weighted by Gasteiger charge is -2.20. The zero-order chi connectivity index (χ0) is 19.6. The summed E-state index contributed by atoms with van der Waals surface area (Å²) in [7, 11) is -3.65. The Morgan fingerprint density at radius 2 is 1.93 bits per heavy atom. The van der Waals surface area contributed by atoms with Crippen molar-refractivity contribution in [2.24, 2.45) is 0 Å². The molecule has 1 N–H and O–H groups in total. The van der Waals surface area contributed by atoms with E-state index in [1.807, 2.05) is 6.92 Å². The number of carbonyl (C=O) groups is 1. The quantitative estimate of drug-likeness (QED) is 0.788. The molecule has 0 bridgehead atoms. The van der Waals surface area contributed by atoms with Gasteiger partial charge in [0.25, 0.3) is 15.9 Å². The standard InChI is InChI=1S/C20H23ClN2O3S/c1-3-4-14(2)22-20(24)16-5-10-19-15(13-16)11-12-23(19)27(25,26)18-8-6-17(21)7-9-18/h5-10,13-14H,3-4,11-12H2,1-2H3,(H,22,24). The molecule has 0 aliphatic carbocycles. The molecule has 1 amide bonds. The number of sulfonamides is 1. The summed E-state index contributed by atoms with van der Waals surface area (Å²) in [5.41, 5.74) is 2.05. The molecule has 7 heteroatoms. The number of fused-ring (bicyclic) bond motifs is 1. The number of carbonyl (C=O) groups excluding carboxylic acids is 1. The van der Waals surface area contributed by atoms with Gasteiger partial charge in [0, 0.05) is 23.2 Å². The smallest absolute Gasteiger partial charge is 0.264 e. The monoisotopic (exact) mass is 406 g/mol. The van der Waals surface area contributed by atoms with E-state index in [-0.39, 0.29) is 16.8 Å². The number of anilines is 1. The first-order chi connectivity index (χ1) is 12.8. The summed E-state index contributed by atoms with van der Waals surface area (Å²) in [5.74, 6) is -0.127. The number of hydrogen-bond acceptors (Lipinski definition) is 3. The van der Waals surface area contributed by atoms with Crippen LogP contribution in [0.15, 0.2) is 47.4 Å². The number of halogens is 1. The molecule has 0 spiro atoms. The summed E-state index contributed by atoms with van der Waals surface area (Å²) in [6, 6.07) is 11.4. The highest BCUT2D eigenvalue weighted by Crippen LogP contribution is 2.33. The number of amides is 1. The zero-order valence-electron chi connectivity index (χ0n) is 15.4. The van der Waals surface area contributed by atoms with Gasteiger partial charge in [0.15, 0.2) is 0 Å². The van der Waals surface area contributed by atoms with Crippen molar-refractivity contribution in [2.75, 3.05) is 10.8 Å². The molecule has 2 aromatic carbocycles. The maximum atomic E-state index is 12.9. The van der Waals surface area contributed by atoms with Crippen molar-refractivity contribution in [1.29, 1.82) is 0 Å². The normalized spacial score (nSPS) is 14.7. The van der Waals surface area contributed by atoms with Crippen molar-refractivity contribution in [1.82, 2.24) is 5.32 Å². The highest BCUT2D eigenvalue weighted by atomic mass is 35.5. The third-order valence-corrected chi connectivity index (χ3v) is 6.77. The molecular formula is C20H23ClN2O3S. The van der Waals surface area contributed by atoms with E-state index in [1.165, 1.54) is 16.4 Å². The van der Waals surface area contributed by atoms with Crippen LogP contribution < -0.4 is 9.62 Å². The Balaban J connectivity index is 1.84. The highest BCUT2D eigenvalue weighted by Gasteiger charge is 2.31. The molecule has 0 saturated heterocycles. The van der Waals surface area contributed by atoms with Crippen molar-refractivity contribution in [3.63, 3.8) is 0 Å². The third-order valence-electron chi connectivity index (χ3n) is 4.70. The van der Waals surface area contributed by atoms with Gasteiger partial charge in [0.1, 0.15) is 0 Å². The minimum absolute atomic E-state index is 0.109. The van der Waals surface area contributed by atoms with Crippen LogP contribution in [0.1, 0.15) is 42.6 Å². The Morgan fingerprint density at radius 1 is 1.22 bits per heavy atom. The first kappa shape index (κ1) is 19.7. The predicted octanol–water partition coefficient (Wildman–Crippen LogP) is 4.01. The van der Waals surface area contributed by atoms with Gasteiger partial charge in [-0.1, -0.05) is 24.9 Å². The SMILES string of the molecule is CCCC(C)NC(=O)c1ccc2c(c1)CCN2S(=O)(=O)c1ccc(Cl)cc1. The molecular weight excluding hydrogens is 384 g/mol. The minimum atomic E-state index is -3.65. The molecule has 5 nitrogen and oxygen atoms in total. The van der Waals surface area contributed by atoms with Gasteiger partial charge in [-0.25, -0.2) is 8.42 Å². The minimum Gasteiger partial charge on any atom is -0.350 e. The van der Waals surface area contributed by atoms with Gasteiger partial charge in [-0.05, 0) is 67.8 Å². The van der Waals surface area contributed by atoms with Crippen LogP contribution in [0.4, 0.5) is 5.69 Å². The van der Waals surface area contributed by atoms with Gasteiger partial charge in [-0.3, -0.25) is 9.10 Å². The average Bonchev–Trinajstić information content (AvgIpc) is 3.06. The molecule has 3 rings (SSSR count). The zero-order valence-corrected chi connectivity index (χ0v) is 17.0. The fourth-order valence-corrected chi connectivity index (χ4v) is 4.94. The van der Waals surface area contributed by atoms with E-state index in [2.05, 4.69) is 12.2 Å². The molecule has 0 radical (unpaired) electrons. The largest absolute Gasteiger partial charge is 0.350 e. The van der Waals surface area contributed by atoms with Crippen LogP contribution in [0.2, 0.25) is 5.02 Å². The lowest BCUT2D eigenvalue weighted by molar-refractivity contribution is 0.0938. The average molecular weight is 407 g/mol. The lowest BCUT2D eigenvalue weighted by Crippen LogP contribution is -2.32. The van der Waals surface area contributed by atoms with Crippen molar-refractivity contribution < 1.29 is 13.2 Å². The fourth-order valence-electron chi connectivity index (χ4n) is 3.31. The maximum absolute atomic E-state index is 12.9. The Hall–Kier alpha value is -2.05. The van der Waals surface area contributed by atoms with Crippen LogP contribution in [0.5, 0.6) is 0 Å². The number of rotatable bonds is 6. The number of benzene rings is 2. The molecule has 1 heterocycles. The van der Waals surface area contributed by atoms with Crippen molar-refractivity contribution in [2.45, 2.75) is 44.0 Å². The summed E-state index contributed by atoms with van der Waals surface area (Å²) in [6.07, 6.45) is 2.50. The first-order valence-electron chi connectivity index (χ1n) is 9.05. The van der Waals surface area contributed by atoms with Crippen LogP contribution in [0.25, 0.3) is 0 Å². The van der Waals surface area contributed by atoms with Gasteiger partial charge in [0.2, 0.25) is 0 Å². The second-order valence-corrected chi connectivity index (χ2v) is 9.09. The van der Waals surface area contributed by atoms with Crippen molar-refractivity contribution >= 4 is 33.2 Å². The van der Waals surface area contributed by atoms with E-state index in [4.69, 9.17) is 11.6 Å².